The molecule has 2 aromatic carbocycles. The summed E-state index contributed by atoms with van der Waals surface area (Å²) in [6.07, 6.45) is 1.42. The fraction of sp³-hybridized carbons (Fsp3) is 0.647. The number of hydrogen-bond donors (Lipinski definition) is 2. The molecule has 2 unspecified atom stereocenters. The smallest absolute Gasteiger partial charge is 0.781 e. The Morgan fingerprint density at radius 3 is 1.04 bits per heavy atom. The Morgan fingerprint density at radius 1 is 0.600 bits per heavy atom. The van der Waals surface area contributed by atoms with Crippen LogP contribution < -0.4 is 9.79 Å². The van der Waals surface area contributed by atoms with Crippen molar-refractivity contribution in [2.45, 2.75) is 145 Å². The van der Waals surface area contributed by atoms with E-state index in [0.717, 1.165) is 44.5 Å². The van der Waals surface area contributed by atoms with Gasteiger partial charge in [-0.3, -0.25) is 0 Å². The van der Waals surface area contributed by atoms with Crippen LogP contribution in [0, 0.1) is 0 Å². The van der Waals surface area contributed by atoms with Crippen LogP contribution in [0.2, 0.25) is 0 Å². The molecular weight excluding hydrogens is 638 g/mol. The zero-order chi connectivity index (χ0) is 34.6. The summed E-state index contributed by atoms with van der Waals surface area (Å²) in [4.78, 5) is 21.6. The van der Waals surface area contributed by atoms with E-state index in [4.69, 9.17) is 9.05 Å². The zero-order valence-electron chi connectivity index (χ0n) is 30.0. The molecule has 45 heavy (non-hydrogen) atoms. The van der Waals surface area contributed by atoms with Crippen LogP contribution in [-0.2, 0) is 65.9 Å². The third-order valence-corrected chi connectivity index (χ3v) is 8.27. The fourth-order valence-electron chi connectivity index (χ4n) is 5.63. The first-order valence-electron chi connectivity index (χ1n) is 15.2. The van der Waals surface area contributed by atoms with E-state index >= 15 is 0 Å². The van der Waals surface area contributed by atoms with Crippen molar-refractivity contribution >= 4 is 54.2 Å². The number of benzene rings is 2. The Hall–Kier alpha value is -0.400. The van der Waals surface area contributed by atoms with Crippen molar-refractivity contribution in [1.82, 2.24) is 0 Å². The first-order valence-corrected chi connectivity index (χ1v) is 17.7. The van der Waals surface area contributed by atoms with Crippen LogP contribution in [0.1, 0.15) is 141 Å². The minimum atomic E-state index is -3.22. The van der Waals surface area contributed by atoms with Crippen molar-refractivity contribution < 1.29 is 38.2 Å². The predicted octanol–water partition coefficient (Wildman–Crippen LogP) is 7.25. The molecule has 8 nitrogen and oxygen atoms in total. The van der Waals surface area contributed by atoms with Gasteiger partial charge in [0.25, 0.3) is 0 Å². The molecule has 2 N–H and O–H groups in total. The van der Waals surface area contributed by atoms with E-state index < -0.39 is 16.5 Å². The van der Waals surface area contributed by atoms with Crippen LogP contribution in [0.5, 0.6) is 11.5 Å². The second-order valence-corrected chi connectivity index (χ2v) is 16.9. The summed E-state index contributed by atoms with van der Waals surface area (Å²) < 4.78 is 31.3. The SMILES string of the molecule is CCc1c(CO[PH](=O)[O-])cc(C(C)(C)C)c(O)c1C(C)(C)C.CCc1c(CO[PH](=O)[O-])cc(C(C)(C)C)c(O)c1C(C)(C)C.[Ca+2]. The molecule has 2 atom stereocenters. The third-order valence-electron chi connectivity index (χ3n) is 7.51. The second kappa shape index (κ2) is 17.3. The van der Waals surface area contributed by atoms with Gasteiger partial charge in [0.1, 0.15) is 28.0 Å². The first kappa shape index (κ1) is 44.6. The van der Waals surface area contributed by atoms with E-state index in [1.54, 1.807) is 0 Å². The van der Waals surface area contributed by atoms with Crippen molar-refractivity contribution in [1.29, 1.82) is 0 Å². The maximum atomic E-state index is 10.8. The predicted molar refractivity (Wildman–Crippen MR) is 183 cm³/mol. The fourth-order valence-corrected chi connectivity index (χ4v) is 6.18. The van der Waals surface area contributed by atoms with Crippen LogP contribution in [0.25, 0.3) is 0 Å². The van der Waals surface area contributed by atoms with Crippen molar-refractivity contribution in [3.05, 3.63) is 56.6 Å². The molecule has 0 fully saturated rings. The van der Waals surface area contributed by atoms with E-state index in [-0.39, 0.29) is 72.6 Å². The van der Waals surface area contributed by atoms with Gasteiger partial charge in [-0.1, -0.05) is 96.9 Å². The molecule has 0 radical (unpaired) electrons. The van der Waals surface area contributed by atoms with Gasteiger partial charge < -0.3 is 38.2 Å². The van der Waals surface area contributed by atoms with Crippen LogP contribution in [0.15, 0.2) is 12.1 Å². The van der Waals surface area contributed by atoms with Crippen molar-refractivity contribution in [3.63, 3.8) is 0 Å². The van der Waals surface area contributed by atoms with Gasteiger partial charge in [-0.15, -0.1) is 0 Å². The van der Waals surface area contributed by atoms with Gasteiger partial charge in [0.15, 0.2) is 0 Å². The summed E-state index contributed by atoms with van der Waals surface area (Å²) in [5, 5.41) is 21.6. The number of hydrogen-bond acceptors (Lipinski definition) is 8. The largest absolute Gasteiger partial charge is 2.00 e. The Morgan fingerprint density at radius 2 is 0.867 bits per heavy atom. The molecule has 0 aromatic heterocycles. The topological polar surface area (TPSA) is 139 Å². The van der Waals surface area contributed by atoms with Gasteiger partial charge in [-0.05, 0) is 80.0 Å². The summed E-state index contributed by atoms with van der Waals surface area (Å²) in [5.74, 6) is 0.630. The molecule has 0 amide bonds. The van der Waals surface area contributed by atoms with Gasteiger partial charge >= 0.3 is 37.7 Å². The maximum absolute atomic E-state index is 10.8. The average Bonchev–Trinajstić information content (AvgIpc) is 2.83. The van der Waals surface area contributed by atoms with Crippen LogP contribution in [-0.4, -0.2) is 48.0 Å². The molecule has 2 aromatic rings. The van der Waals surface area contributed by atoms with E-state index in [2.05, 4.69) is 41.5 Å². The van der Waals surface area contributed by atoms with Crippen molar-refractivity contribution in [2.75, 3.05) is 0 Å². The molecule has 2 rings (SSSR count). The summed E-state index contributed by atoms with van der Waals surface area (Å²) in [6, 6.07) is 3.77. The summed E-state index contributed by atoms with van der Waals surface area (Å²) in [5.41, 5.74) is 6.05. The van der Waals surface area contributed by atoms with Gasteiger partial charge in [-0.25, -0.2) is 0 Å². The Labute approximate surface area is 303 Å². The molecule has 0 aliphatic carbocycles. The maximum Gasteiger partial charge on any atom is 2.00 e. The molecule has 11 heteroatoms. The molecule has 252 valence electrons. The van der Waals surface area contributed by atoms with Gasteiger partial charge in [0.05, 0.1) is 13.2 Å². The molecule has 0 saturated carbocycles. The molecule has 0 bridgehead atoms. The van der Waals surface area contributed by atoms with Gasteiger partial charge in [0.2, 0.25) is 0 Å². The van der Waals surface area contributed by atoms with Crippen LogP contribution in [0.4, 0.5) is 0 Å². The first-order chi connectivity index (χ1) is 19.8. The minimum Gasteiger partial charge on any atom is -0.781 e. The molecule has 0 spiro atoms. The van der Waals surface area contributed by atoms with Crippen LogP contribution in [0.3, 0.4) is 0 Å². The minimum absolute atomic E-state index is 0. The quantitative estimate of drug-likeness (QED) is 0.218. The zero-order valence-corrected chi connectivity index (χ0v) is 34.2. The Kier molecular flexibility index (Phi) is 17.2. The monoisotopic (exact) mass is 694 g/mol. The molecule has 0 aliphatic rings. The average molecular weight is 695 g/mol. The van der Waals surface area contributed by atoms with Gasteiger partial charge in [0, 0.05) is 11.1 Å². The van der Waals surface area contributed by atoms with E-state index in [0.29, 0.717) is 24.3 Å². The van der Waals surface area contributed by atoms with E-state index in [1.807, 2.05) is 67.5 Å². The standard InChI is InChI=1S/2C17H29O4P.Ca/c2*1-8-12-11(10-21-22(19)20)9-13(16(2,3)4)15(18)14(12)17(5,6)7;/h2*9,18,22H,8,10H2,1-7H3,(H,19,20);/q;;+2/p-2. The summed E-state index contributed by atoms with van der Waals surface area (Å²) >= 11 is 0. The number of rotatable bonds is 8. The second-order valence-electron chi connectivity index (χ2n) is 15.4. The summed E-state index contributed by atoms with van der Waals surface area (Å²) in [6.45, 7) is 28.5. The van der Waals surface area contributed by atoms with E-state index in [1.165, 1.54) is 0 Å². The number of aromatic hydroxyl groups is 2. The van der Waals surface area contributed by atoms with Crippen LogP contribution >= 0.6 is 16.5 Å². The van der Waals surface area contributed by atoms with Crippen molar-refractivity contribution in [3.8, 4) is 11.5 Å². The third kappa shape index (κ3) is 12.5. The molecular formula is C34H56CaO8P2. The molecule has 0 aliphatic heterocycles. The van der Waals surface area contributed by atoms with Gasteiger partial charge in [-0.2, -0.15) is 0 Å². The molecule has 0 saturated heterocycles. The molecule has 0 heterocycles. The number of phenols is 2. The van der Waals surface area contributed by atoms with E-state index in [9.17, 15) is 29.1 Å². The normalized spacial score (nSPS) is 13.9. The van der Waals surface area contributed by atoms with Crippen molar-refractivity contribution in [2.24, 2.45) is 0 Å². The Balaban J connectivity index is 0.000000842. The summed E-state index contributed by atoms with van der Waals surface area (Å²) in [7, 11) is -6.45. The Bertz CT molecular complexity index is 1240. The number of phenolic OH excluding ortho intramolecular Hbond substituents is 2.